The Kier molecular flexibility index (Phi) is 7.01. The van der Waals surface area contributed by atoms with E-state index in [9.17, 15) is 0 Å². The van der Waals surface area contributed by atoms with E-state index in [0.717, 1.165) is 32.6 Å². The van der Waals surface area contributed by atoms with E-state index in [1.807, 2.05) is 0 Å². The number of hydrogen-bond acceptors (Lipinski definition) is 3. The van der Waals surface area contributed by atoms with Crippen LogP contribution in [0.5, 0.6) is 0 Å². The fourth-order valence-electron chi connectivity index (χ4n) is 2.40. The average molecular weight is 229 g/mol. The Labute approximate surface area is 99.9 Å². The first kappa shape index (κ1) is 13.9. The molecule has 0 aliphatic carbocycles. The summed E-state index contributed by atoms with van der Waals surface area (Å²) < 4.78 is 10.9. The van der Waals surface area contributed by atoms with E-state index in [4.69, 9.17) is 9.47 Å². The summed E-state index contributed by atoms with van der Waals surface area (Å²) in [5.41, 5.74) is 0. The Morgan fingerprint density at radius 1 is 1.50 bits per heavy atom. The minimum absolute atomic E-state index is 0.481. The lowest BCUT2D eigenvalue weighted by molar-refractivity contribution is 0.0839. The highest BCUT2D eigenvalue weighted by atomic mass is 16.5. The molecule has 0 saturated carbocycles. The van der Waals surface area contributed by atoms with Gasteiger partial charge in [0.05, 0.1) is 6.10 Å². The van der Waals surface area contributed by atoms with Crippen LogP contribution >= 0.6 is 0 Å². The summed E-state index contributed by atoms with van der Waals surface area (Å²) in [6.07, 6.45) is 5.23. The van der Waals surface area contributed by atoms with Gasteiger partial charge in [-0.15, -0.1) is 0 Å². The van der Waals surface area contributed by atoms with Gasteiger partial charge in [-0.2, -0.15) is 0 Å². The predicted octanol–water partition coefficient (Wildman–Crippen LogP) is 2.21. The Morgan fingerprint density at radius 3 is 2.88 bits per heavy atom. The van der Waals surface area contributed by atoms with Gasteiger partial charge in [0.25, 0.3) is 0 Å². The maximum atomic E-state index is 5.71. The molecular weight excluding hydrogens is 202 g/mol. The van der Waals surface area contributed by atoms with E-state index in [1.54, 1.807) is 7.11 Å². The van der Waals surface area contributed by atoms with Crippen LogP contribution in [0.1, 0.15) is 39.5 Å². The van der Waals surface area contributed by atoms with Gasteiger partial charge in [0.15, 0.2) is 0 Å². The molecule has 96 valence electrons. The van der Waals surface area contributed by atoms with Crippen molar-refractivity contribution in [2.45, 2.75) is 51.7 Å². The second kappa shape index (κ2) is 8.04. The highest BCUT2D eigenvalue weighted by Crippen LogP contribution is 2.21. The number of nitrogens with one attached hydrogen (secondary N) is 1. The molecule has 3 heteroatoms. The van der Waals surface area contributed by atoms with Crippen LogP contribution in [-0.2, 0) is 9.47 Å². The Bertz CT molecular complexity index is 169. The third-order valence-electron chi connectivity index (χ3n) is 3.47. The van der Waals surface area contributed by atoms with Crippen LogP contribution in [0.25, 0.3) is 0 Å². The first-order valence-electron chi connectivity index (χ1n) is 6.61. The summed E-state index contributed by atoms with van der Waals surface area (Å²) in [7, 11) is 1.77. The molecule has 0 aromatic carbocycles. The maximum absolute atomic E-state index is 5.71. The zero-order valence-electron chi connectivity index (χ0n) is 11.0. The molecule has 1 aliphatic heterocycles. The second-order valence-corrected chi connectivity index (χ2v) is 4.79. The van der Waals surface area contributed by atoms with Gasteiger partial charge in [0.2, 0.25) is 0 Å². The Balaban J connectivity index is 2.32. The van der Waals surface area contributed by atoms with Crippen molar-refractivity contribution in [3.05, 3.63) is 0 Å². The van der Waals surface area contributed by atoms with Gasteiger partial charge < -0.3 is 14.8 Å². The van der Waals surface area contributed by atoms with Crippen LogP contribution in [0.15, 0.2) is 0 Å². The van der Waals surface area contributed by atoms with Crippen molar-refractivity contribution in [2.75, 3.05) is 26.9 Å². The Morgan fingerprint density at radius 2 is 2.31 bits per heavy atom. The van der Waals surface area contributed by atoms with Gasteiger partial charge in [0.1, 0.15) is 0 Å². The van der Waals surface area contributed by atoms with Crippen LogP contribution < -0.4 is 5.32 Å². The van der Waals surface area contributed by atoms with Crippen molar-refractivity contribution in [3.8, 4) is 0 Å². The molecule has 0 radical (unpaired) electrons. The third kappa shape index (κ3) is 4.81. The van der Waals surface area contributed by atoms with E-state index in [1.165, 1.54) is 12.8 Å². The van der Waals surface area contributed by atoms with Crippen molar-refractivity contribution in [3.63, 3.8) is 0 Å². The molecule has 1 rings (SSSR count). The van der Waals surface area contributed by atoms with Crippen LogP contribution in [0, 0.1) is 5.92 Å². The van der Waals surface area contributed by atoms with E-state index < -0.39 is 0 Å². The number of ether oxygens (including phenoxy) is 2. The summed E-state index contributed by atoms with van der Waals surface area (Å²) in [6, 6.07) is 0.572. The molecule has 3 unspecified atom stereocenters. The van der Waals surface area contributed by atoms with Gasteiger partial charge >= 0.3 is 0 Å². The smallest absolute Gasteiger partial charge is 0.0590 e. The standard InChI is InChI=1S/C13H27NO2/c1-4-14-13(11(2)7-9-15-3)10-12-6-5-8-16-12/h11-14H,4-10H2,1-3H3. The average Bonchev–Trinajstić information content (AvgIpc) is 2.78. The number of methoxy groups -OCH3 is 1. The van der Waals surface area contributed by atoms with Crippen LogP contribution in [-0.4, -0.2) is 39.0 Å². The molecule has 1 heterocycles. The summed E-state index contributed by atoms with van der Waals surface area (Å²) in [5.74, 6) is 0.657. The van der Waals surface area contributed by atoms with Crippen molar-refractivity contribution in [1.29, 1.82) is 0 Å². The molecule has 1 aliphatic rings. The van der Waals surface area contributed by atoms with E-state index in [-0.39, 0.29) is 0 Å². The molecular formula is C13H27NO2. The third-order valence-corrected chi connectivity index (χ3v) is 3.47. The molecule has 1 saturated heterocycles. The fraction of sp³-hybridized carbons (Fsp3) is 1.00. The largest absolute Gasteiger partial charge is 0.385 e. The zero-order chi connectivity index (χ0) is 11.8. The van der Waals surface area contributed by atoms with E-state index >= 15 is 0 Å². The second-order valence-electron chi connectivity index (χ2n) is 4.79. The van der Waals surface area contributed by atoms with Gasteiger partial charge in [-0.3, -0.25) is 0 Å². The summed E-state index contributed by atoms with van der Waals surface area (Å²) in [4.78, 5) is 0. The summed E-state index contributed by atoms with van der Waals surface area (Å²) in [6.45, 7) is 7.33. The Hall–Kier alpha value is -0.120. The summed E-state index contributed by atoms with van der Waals surface area (Å²) >= 11 is 0. The topological polar surface area (TPSA) is 30.5 Å². The molecule has 1 fully saturated rings. The molecule has 0 aromatic rings. The molecule has 0 spiro atoms. The lowest BCUT2D eigenvalue weighted by Crippen LogP contribution is -2.38. The normalized spacial score (nSPS) is 24.6. The molecule has 0 amide bonds. The van der Waals surface area contributed by atoms with Crippen molar-refractivity contribution >= 4 is 0 Å². The fourth-order valence-corrected chi connectivity index (χ4v) is 2.40. The summed E-state index contributed by atoms with van der Waals surface area (Å²) in [5, 5.41) is 3.58. The zero-order valence-corrected chi connectivity index (χ0v) is 11.0. The first-order valence-corrected chi connectivity index (χ1v) is 6.61. The van der Waals surface area contributed by atoms with E-state index in [0.29, 0.717) is 18.1 Å². The highest BCUT2D eigenvalue weighted by molar-refractivity contribution is 4.79. The molecule has 3 nitrogen and oxygen atoms in total. The van der Waals surface area contributed by atoms with Crippen LogP contribution in [0.3, 0.4) is 0 Å². The van der Waals surface area contributed by atoms with Gasteiger partial charge in [0, 0.05) is 26.4 Å². The van der Waals surface area contributed by atoms with Gasteiger partial charge in [-0.1, -0.05) is 13.8 Å². The highest BCUT2D eigenvalue weighted by Gasteiger charge is 2.23. The molecule has 0 bridgehead atoms. The molecule has 16 heavy (non-hydrogen) atoms. The molecule has 1 N–H and O–H groups in total. The minimum atomic E-state index is 0.481. The molecule has 3 atom stereocenters. The SMILES string of the molecule is CCNC(CC1CCCO1)C(C)CCOC. The quantitative estimate of drug-likeness (QED) is 0.692. The predicted molar refractivity (Wildman–Crippen MR) is 66.7 cm³/mol. The lowest BCUT2D eigenvalue weighted by Gasteiger charge is -2.27. The lowest BCUT2D eigenvalue weighted by atomic mass is 9.93. The first-order chi connectivity index (χ1) is 7.77. The van der Waals surface area contributed by atoms with Crippen molar-refractivity contribution < 1.29 is 9.47 Å². The van der Waals surface area contributed by atoms with Gasteiger partial charge in [-0.05, 0) is 38.1 Å². The van der Waals surface area contributed by atoms with Crippen LogP contribution in [0.2, 0.25) is 0 Å². The van der Waals surface area contributed by atoms with Crippen molar-refractivity contribution in [1.82, 2.24) is 5.32 Å². The minimum Gasteiger partial charge on any atom is -0.385 e. The molecule has 0 aromatic heterocycles. The van der Waals surface area contributed by atoms with Gasteiger partial charge in [-0.25, -0.2) is 0 Å². The van der Waals surface area contributed by atoms with Crippen molar-refractivity contribution in [2.24, 2.45) is 5.92 Å². The number of rotatable bonds is 8. The monoisotopic (exact) mass is 229 g/mol. The number of hydrogen-bond donors (Lipinski definition) is 1. The maximum Gasteiger partial charge on any atom is 0.0590 e. The van der Waals surface area contributed by atoms with Crippen LogP contribution in [0.4, 0.5) is 0 Å². The van der Waals surface area contributed by atoms with E-state index in [2.05, 4.69) is 19.2 Å².